The fourth-order valence-corrected chi connectivity index (χ4v) is 9.53. The number of nitrogens with zero attached hydrogens (tertiary/aromatic N) is 2. The molecule has 0 bridgehead atoms. The zero-order valence-corrected chi connectivity index (χ0v) is 26.1. The van der Waals surface area contributed by atoms with Crippen molar-refractivity contribution in [2.24, 2.45) is 9.81 Å². The first-order valence-electron chi connectivity index (χ1n) is 12.4. The highest BCUT2D eigenvalue weighted by molar-refractivity contribution is 7.94. The van der Waals surface area contributed by atoms with Gasteiger partial charge in [0.05, 0.1) is 11.7 Å². The van der Waals surface area contributed by atoms with Gasteiger partial charge < -0.3 is 25.2 Å². The van der Waals surface area contributed by atoms with Crippen molar-refractivity contribution in [1.82, 2.24) is 9.62 Å². The Morgan fingerprint density at radius 2 is 1.85 bits per heavy atom. The summed E-state index contributed by atoms with van der Waals surface area (Å²) in [6.45, 7) is 13.6. The van der Waals surface area contributed by atoms with E-state index in [0.29, 0.717) is 0 Å². The van der Waals surface area contributed by atoms with Crippen molar-refractivity contribution < 1.29 is 31.4 Å². The molecule has 0 saturated carbocycles. The normalized spacial score (nSPS) is 22.1. The summed E-state index contributed by atoms with van der Waals surface area (Å²) in [6, 6.07) is 3.66. The average molecular weight is 619 g/mol. The summed E-state index contributed by atoms with van der Waals surface area (Å²) in [5.74, 6) is -0.492. The van der Waals surface area contributed by atoms with Gasteiger partial charge in [0, 0.05) is 28.2 Å². The van der Waals surface area contributed by atoms with Crippen LogP contribution in [-0.4, -0.2) is 57.8 Å². The van der Waals surface area contributed by atoms with Crippen molar-refractivity contribution in [2.45, 2.75) is 71.3 Å². The minimum Gasteiger partial charge on any atom is -0.504 e. The van der Waals surface area contributed by atoms with Crippen LogP contribution in [0.3, 0.4) is 0 Å². The maximum Gasteiger partial charge on any atom is 0.287 e. The van der Waals surface area contributed by atoms with Gasteiger partial charge in [0.15, 0.2) is 22.1 Å². The number of ether oxygens (including phenoxy) is 2. The van der Waals surface area contributed by atoms with Gasteiger partial charge in [-0.1, -0.05) is 34.6 Å². The molecule has 1 saturated heterocycles. The van der Waals surface area contributed by atoms with Gasteiger partial charge in [0.2, 0.25) is 6.29 Å². The standard InChI is InChI=1S/C24H34N4O7S4/c1-8-28(9-2)39(32,33)23-18(29)15(12-36-23)25-17-19(22-34-14(4)35-22)38(30,31)27-21(17)26-20(24(5,6)7)16-11-10-13(3)37-16/h10-12,14,20,22,25,29H,8-9H2,1-7H3,(H,26,27)/t14?,20-,22?/m0/s1. The highest BCUT2D eigenvalue weighted by atomic mass is 32.2. The molecule has 2 aliphatic rings. The van der Waals surface area contributed by atoms with Gasteiger partial charge in [-0.3, -0.25) is 0 Å². The molecule has 3 N–H and O–H groups in total. The van der Waals surface area contributed by atoms with Crippen molar-refractivity contribution in [3.8, 4) is 5.75 Å². The Kier molecular flexibility index (Phi) is 8.27. The van der Waals surface area contributed by atoms with E-state index in [1.165, 1.54) is 9.69 Å². The number of hydrogen-bond acceptors (Lipinski definition) is 11. The van der Waals surface area contributed by atoms with E-state index in [2.05, 4.69) is 15.0 Å². The van der Waals surface area contributed by atoms with Crippen LogP contribution in [0.15, 0.2) is 36.7 Å². The molecular weight excluding hydrogens is 585 g/mol. The molecular formula is C24H34N4O7S4. The van der Waals surface area contributed by atoms with E-state index in [1.807, 2.05) is 39.8 Å². The van der Waals surface area contributed by atoms with Crippen LogP contribution in [0.1, 0.15) is 57.3 Å². The monoisotopic (exact) mass is 618 g/mol. The van der Waals surface area contributed by atoms with Crippen molar-refractivity contribution in [2.75, 3.05) is 18.4 Å². The fourth-order valence-electron chi connectivity index (χ4n) is 4.28. The second kappa shape index (κ2) is 10.8. The minimum absolute atomic E-state index is 0.0153. The number of thiophene rings is 2. The maximum absolute atomic E-state index is 13.3. The number of hydrogen-bond donors (Lipinski definition) is 3. The molecule has 216 valence electrons. The SMILES string of the molecule is CCN(CC)S(=O)(=O)c1scc(NC2=C(C3OC(C)O3)S(=O)(=O)N=C2N[C@@H](c2ccc(C)s2)C(C)(C)C)c1O. The fraction of sp³-hybridized carbons (Fsp3) is 0.542. The molecule has 0 spiro atoms. The van der Waals surface area contributed by atoms with Crippen molar-refractivity contribution in [1.29, 1.82) is 0 Å². The van der Waals surface area contributed by atoms with Gasteiger partial charge in [-0.2, -0.15) is 12.7 Å². The average Bonchev–Trinajstić information content (AvgIpc) is 3.46. The summed E-state index contributed by atoms with van der Waals surface area (Å²) in [6.07, 6.45) is -1.81. The number of rotatable bonds is 9. The summed E-state index contributed by atoms with van der Waals surface area (Å²) in [5, 5.41) is 18.6. The highest BCUT2D eigenvalue weighted by Gasteiger charge is 2.46. The van der Waals surface area contributed by atoms with Crippen molar-refractivity contribution in [3.05, 3.63) is 37.9 Å². The van der Waals surface area contributed by atoms with Crippen LogP contribution in [0.5, 0.6) is 5.75 Å². The number of sulfonamides is 2. The van der Waals surface area contributed by atoms with Gasteiger partial charge in [-0.05, 0) is 31.4 Å². The van der Waals surface area contributed by atoms with E-state index in [-0.39, 0.29) is 50.9 Å². The van der Waals surface area contributed by atoms with Crippen LogP contribution in [0.4, 0.5) is 5.69 Å². The minimum atomic E-state index is -4.22. The Morgan fingerprint density at radius 3 is 2.36 bits per heavy atom. The maximum atomic E-state index is 13.3. The third-order valence-electron chi connectivity index (χ3n) is 6.28. The summed E-state index contributed by atoms with van der Waals surface area (Å²) in [7, 11) is -8.17. The predicted octanol–water partition coefficient (Wildman–Crippen LogP) is 4.32. The lowest BCUT2D eigenvalue weighted by atomic mass is 9.85. The molecule has 0 aromatic carbocycles. The molecule has 15 heteroatoms. The second-order valence-electron chi connectivity index (χ2n) is 10.2. The van der Waals surface area contributed by atoms with E-state index in [9.17, 15) is 21.9 Å². The lowest BCUT2D eigenvalue weighted by molar-refractivity contribution is -0.356. The van der Waals surface area contributed by atoms with Gasteiger partial charge >= 0.3 is 0 Å². The van der Waals surface area contributed by atoms with Crippen LogP contribution in [0, 0.1) is 12.3 Å². The van der Waals surface area contributed by atoms with Crippen LogP contribution in [0.25, 0.3) is 0 Å². The van der Waals surface area contributed by atoms with E-state index in [4.69, 9.17) is 9.47 Å². The molecule has 0 radical (unpaired) electrons. The van der Waals surface area contributed by atoms with E-state index in [1.54, 1.807) is 32.1 Å². The first-order valence-corrected chi connectivity index (χ1v) is 17.0. The lowest BCUT2D eigenvalue weighted by Gasteiger charge is -2.34. The predicted molar refractivity (Wildman–Crippen MR) is 153 cm³/mol. The number of amidine groups is 1. The molecule has 2 aromatic heterocycles. The summed E-state index contributed by atoms with van der Waals surface area (Å²) >= 11 is 2.43. The smallest absolute Gasteiger partial charge is 0.287 e. The van der Waals surface area contributed by atoms with Gasteiger partial charge in [0.25, 0.3) is 20.0 Å². The zero-order chi connectivity index (χ0) is 28.9. The Morgan fingerprint density at radius 1 is 1.21 bits per heavy atom. The third kappa shape index (κ3) is 5.76. The van der Waals surface area contributed by atoms with Crippen LogP contribution in [-0.2, 0) is 29.5 Å². The molecule has 4 rings (SSSR count). The quantitative estimate of drug-likeness (QED) is 0.374. The number of aryl methyl sites for hydroxylation is 1. The highest BCUT2D eigenvalue weighted by Crippen LogP contribution is 2.43. The Balaban J connectivity index is 1.78. The van der Waals surface area contributed by atoms with Gasteiger partial charge in [-0.15, -0.1) is 27.1 Å². The molecule has 0 aliphatic carbocycles. The number of nitrogens with one attached hydrogen (secondary N) is 2. The second-order valence-corrected chi connectivity index (χ2v) is 16.1. The molecule has 0 unspecified atom stereocenters. The third-order valence-corrected chi connectivity index (χ3v) is 12.3. The first-order chi connectivity index (χ1) is 18.1. The Labute approximate surface area is 237 Å². The topological polar surface area (TPSA) is 147 Å². The van der Waals surface area contributed by atoms with Gasteiger partial charge in [-0.25, -0.2) is 8.42 Å². The van der Waals surface area contributed by atoms with Crippen LogP contribution >= 0.6 is 22.7 Å². The molecule has 2 aromatic rings. The Bertz CT molecular complexity index is 1510. The van der Waals surface area contributed by atoms with Crippen molar-refractivity contribution in [3.63, 3.8) is 0 Å². The number of aromatic hydroxyl groups is 1. The van der Waals surface area contributed by atoms with E-state index >= 15 is 0 Å². The largest absolute Gasteiger partial charge is 0.504 e. The summed E-state index contributed by atoms with van der Waals surface area (Å²) < 4.78 is 68.7. The molecule has 2 aliphatic heterocycles. The molecule has 1 fully saturated rings. The molecule has 39 heavy (non-hydrogen) atoms. The molecule has 0 amide bonds. The molecule has 1 atom stereocenters. The van der Waals surface area contributed by atoms with Crippen LogP contribution in [0.2, 0.25) is 0 Å². The van der Waals surface area contributed by atoms with E-state index < -0.39 is 38.4 Å². The molecule has 11 nitrogen and oxygen atoms in total. The lowest BCUT2D eigenvalue weighted by Crippen LogP contribution is -2.43. The number of anilines is 1. The van der Waals surface area contributed by atoms with E-state index in [0.717, 1.165) is 21.1 Å². The first kappa shape index (κ1) is 30.0. The zero-order valence-electron chi connectivity index (χ0n) is 22.8. The van der Waals surface area contributed by atoms with Crippen LogP contribution < -0.4 is 10.6 Å². The van der Waals surface area contributed by atoms with Gasteiger partial charge in [0.1, 0.15) is 10.6 Å². The summed E-state index contributed by atoms with van der Waals surface area (Å²) in [5.41, 5.74) is -0.295. The van der Waals surface area contributed by atoms with Crippen molar-refractivity contribution >= 4 is 54.2 Å². The molecule has 4 heterocycles. The summed E-state index contributed by atoms with van der Waals surface area (Å²) in [4.78, 5) is 1.84. The Hall–Kier alpha value is -2.01.